The summed E-state index contributed by atoms with van der Waals surface area (Å²) in [6.45, 7) is 14.5. The van der Waals surface area contributed by atoms with Crippen molar-refractivity contribution in [3.63, 3.8) is 0 Å². The van der Waals surface area contributed by atoms with Crippen LogP contribution in [0.5, 0.6) is 0 Å². The maximum atomic E-state index is 12.3. The summed E-state index contributed by atoms with van der Waals surface area (Å²) >= 11 is 0. The molecule has 6 nitrogen and oxygen atoms in total. The summed E-state index contributed by atoms with van der Waals surface area (Å²) in [6.07, 6.45) is 8.45. The van der Waals surface area contributed by atoms with Crippen molar-refractivity contribution in [3.05, 3.63) is 24.2 Å². The van der Waals surface area contributed by atoms with E-state index in [4.69, 9.17) is 23.4 Å². The molecule has 0 aromatic carbocycles. The number of fused-ring (bicyclic) bond motifs is 3. The Labute approximate surface area is 203 Å². The number of carbonyl (C=O) groups is 1. The SMILES string of the molecule is CC(=O)O[C@H]1CCOC(C)(C)[C@@H]2CC[C@]3(C)[C@H](CC[C@@]4(C)[C@H](c5ccoc5)OC[C@H]5OC543)[C@@]12C. The Bertz CT molecular complexity index is 972. The predicted molar refractivity (Wildman–Crippen MR) is 125 cm³/mol. The number of hydrogen-bond acceptors (Lipinski definition) is 6. The molecule has 5 aliphatic rings. The second-order valence-corrected chi connectivity index (χ2v) is 12.8. The predicted octanol–water partition coefficient (Wildman–Crippen LogP) is 5.46. The number of esters is 1. The van der Waals surface area contributed by atoms with Crippen LogP contribution in [0, 0.1) is 28.1 Å². The summed E-state index contributed by atoms with van der Waals surface area (Å²) in [5.74, 6) is 0.486. The van der Waals surface area contributed by atoms with E-state index in [9.17, 15) is 4.79 Å². The minimum Gasteiger partial charge on any atom is -0.472 e. The quantitative estimate of drug-likeness (QED) is 0.421. The maximum absolute atomic E-state index is 12.3. The van der Waals surface area contributed by atoms with E-state index in [0.29, 0.717) is 25.0 Å². The van der Waals surface area contributed by atoms with Gasteiger partial charge in [-0.25, -0.2) is 0 Å². The molecule has 188 valence electrons. The van der Waals surface area contributed by atoms with Gasteiger partial charge in [-0.3, -0.25) is 4.79 Å². The van der Waals surface area contributed by atoms with Crippen LogP contribution in [0.4, 0.5) is 0 Å². The van der Waals surface area contributed by atoms with Crippen molar-refractivity contribution in [2.24, 2.45) is 28.1 Å². The molecule has 34 heavy (non-hydrogen) atoms. The van der Waals surface area contributed by atoms with Gasteiger partial charge in [0.1, 0.15) is 17.8 Å². The molecule has 4 heterocycles. The lowest BCUT2D eigenvalue weighted by Gasteiger charge is -2.67. The summed E-state index contributed by atoms with van der Waals surface area (Å²) in [7, 11) is 0. The van der Waals surface area contributed by atoms with E-state index in [2.05, 4.69) is 34.6 Å². The molecular weight excluding hydrogens is 432 g/mol. The van der Waals surface area contributed by atoms with E-state index >= 15 is 0 Å². The van der Waals surface area contributed by atoms with Crippen LogP contribution in [0.1, 0.15) is 85.3 Å². The van der Waals surface area contributed by atoms with E-state index in [1.807, 2.05) is 12.3 Å². The molecule has 3 saturated heterocycles. The average Bonchev–Trinajstić information content (AvgIpc) is 3.32. The number of rotatable bonds is 2. The molecule has 0 bridgehead atoms. The molecule has 2 saturated carbocycles. The standard InChI is InChI=1S/C28H40O6/c1-17(29)33-21-10-14-32-24(2,3)19-7-11-25(4)20(27(19,21)6)8-12-26(5)23(18-9-13-30-15-18)31-16-22-28(25,26)34-22/h9,13,15,19-23H,7-8,10-12,14,16H2,1-6H3/t19-,20-,21-,22+,23-,25+,26-,27-,28?/m0/s1. The van der Waals surface area contributed by atoms with Crippen molar-refractivity contribution >= 4 is 5.97 Å². The van der Waals surface area contributed by atoms with Crippen molar-refractivity contribution in [2.75, 3.05) is 13.2 Å². The molecule has 1 aromatic rings. The van der Waals surface area contributed by atoms with Crippen molar-refractivity contribution in [3.8, 4) is 0 Å². The Hall–Kier alpha value is -1.37. The van der Waals surface area contributed by atoms with Gasteiger partial charge < -0.3 is 23.4 Å². The van der Waals surface area contributed by atoms with Crippen LogP contribution in [0.2, 0.25) is 0 Å². The van der Waals surface area contributed by atoms with E-state index in [1.54, 1.807) is 13.2 Å². The van der Waals surface area contributed by atoms with E-state index in [0.717, 1.165) is 37.7 Å². The van der Waals surface area contributed by atoms with Gasteiger partial charge >= 0.3 is 5.97 Å². The molecule has 3 aliphatic heterocycles. The van der Waals surface area contributed by atoms with Gasteiger partial charge in [-0.05, 0) is 57.4 Å². The van der Waals surface area contributed by atoms with Gasteiger partial charge in [0.15, 0.2) is 0 Å². The Balaban J connectivity index is 1.46. The zero-order chi connectivity index (χ0) is 24.1. The normalized spacial score (nSPS) is 51.2. The smallest absolute Gasteiger partial charge is 0.302 e. The fourth-order valence-corrected chi connectivity index (χ4v) is 9.92. The summed E-state index contributed by atoms with van der Waals surface area (Å²) in [6, 6.07) is 2.04. The maximum Gasteiger partial charge on any atom is 0.302 e. The van der Waals surface area contributed by atoms with E-state index in [-0.39, 0.29) is 51.7 Å². The lowest BCUT2D eigenvalue weighted by molar-refractivity contribution is -0.245. The van der Waals surface area contributed by atoms with Gasteiger partial charge in [-0.15, -0.1) is 0 Å². The highest BCUT2D eigenvalue weighted by atomic mass is 16.7. The van der Waals surface area contributed by atoms with Crippen LogP contribution in [-0.2, 0) is 23.7 Å². The molecule has 9 atom stereocenters. The highest BCUT2D eigenvalue weighted by Gasteiger charge is 2.84. The Morgan fingerprint density at radius 1 is 1.03 bits per heavy atom. The minimum atomic E-state index is -0.262. The van der Waals surface area contributed by atoms with Crippen LogP contribution < -0.4 is 0 Å². The van der Waals surface area contributed by atoms with E-state index < -0.39 is 0 Å². The minimum absolute atomic E-state index is 0.0357. The third-order valence-electron chi connectivity index (χ3n) is 11.1. The molecule has 6 rings (SSSR count). The van der Waals surface area contributed by atoms with E-state index in [1.165, 1.54) is 0 Å². The summed E-state index contributed by atoms with van der Waals surface area (Å²) in [5, 5.41) is 0. The van der Waals surface area contributed by atoms with Gasteiger partial charge in [0.05, 0.1) is 37.4 Å². The zero-order valence-corrected chi connectivity index (χ0v) is 21.5. The first-order valence-corrected chi connectivity index (χ1v) is 13.1. The largest absolute Gasteiger partial charge is 0.472 e. The van der Waals surface area contributed by atoms with Crippen LogP contribution in [0.15, 0.2) is 23.0 Å². The third kappa shape index (κ3) is 2.66. The molecule has 6 heteroatoms. The first kappa shape index (κ1) is 23.1. The van der Waals surface area contributed by atoms with Gasteiger partial charge in [0.2, 0.25) is 0 Å². The molecule has 0 amide bonds. The Kier molecular flexibility index (Phi) is 4.82. The van der Waals surface area contributed by atoms with Gasteiger partial charge in [-0.2, -0.15) is 0 Å². The van der Waals surface area contributed by atoms with Gasteiger partial charge in [-0.1, -0.05) is 20.8 Å². The van der Waals surface area contributed by atoms with Crippen molar-refractivity contribution in [1.29, 1.82) is 0 Å². The number of furan rings is 1. The Morgan fingerprint density at radius 2 is 1.76 bits per heavy atom. The zero-order valence-electron chi connectivity index (χ0n) is 21.5. The molecule has 2 aliphatic carbocycles. The van der Waals surface area contributed by atoms with Gasteiger partial charge in [0, 0.05) is 35.2 Å². The average molecular weight is 473 g/mol. The topological polar surface area (TPSA) is 70.4 Å². The Morgan fingerprint density at radius 3 is 2.47 bits per heavy atom. The van der Waals surface area contributed by atoms with Crippen LogP contribution in [-0.4, -0.2) is 42.6 Å². The molecule has 5 fully saturated rings. The summed E-state index contributed by atoms with van der Waals surface area (Å²) in [5.41, 5.74) is 0.244. The fraction of sp³-hybridized carbons (Fsp3) is 0.821. The second-order valence-electron chi connectivity index (χ2n) is 12.8. The number of hydrogen-bond donors (Lipinski definition) is 0. The van der Waals surface area contributed by atoms with Crippen LogP contribution >= 0.6 is 0 Å². The third-order valence-corrected chi connectivity index (χ3v) is 11.1. The molecular formula is C28H40O6. The lowest BCUT2D eigenvalue weighted by atomic mass is 9.37. The van der Waals surface area contributed by atoms with Crippen molar-refractivity contribution in [2.45, 2.75) is 103 Å². The van der Waals surface area contributed by atoms with Crippen LogP contribution in [0.25, 0.3) is 0 Å². The summed E-state index contributed by atoms with van der Waals surface area (Å²) < 4.78 is 31.3. The monoisotopic (exact) mass is 472 g/mol. The first-order chi connectivity index (χ1) is 16.0. The number of epoxide rings is 1. The van der Waals surface area contributed by atoms with Crippen molar-refractivity contribution in [1.82, 2.24) is 0 Å². The lowest BCUT2D eigenvalue weighted by Crippen LogP contribution is -2.69. The highest BCUT2D eigenvalue weighted by Crippen LogP contribution is 2.79. The molecule has 1 spiro atoms. The molecule has 0 radical (unpaired) electrons. The summed E-state index contributed by atoms with van der Waals surface area (Å²) in [4.78, 5) is 12.3. The number of carbonyl (C=O) groups excluding carboxylic acids is 1. The van der Waals surface area contributed by atoms with Gasteiger partial charge in [0.25, 0.3) is 0 Å². The van der Waals surface area contributed by atoms with Crippen LogP contribution in [0.3, 0.4) is 0 Å². The second kappa shape index (κ2) is 7.10. The molecule has 1 aromatic heterocycles. The fourth-order valence-electron chi connectivity index (χ4n) is 9.92. The van der Waals surface area contributed by atoms with Crippen molar-refractivity contribution < 1.29 is 28.2 Å². The first-order valence-electron chi connectivity index (χ1n) is 13.1. The highest BCUT2D eigenvalue weighted by molar-refractivity contribution is 5.66. The molecule has 0 N–H and O–H groups in total. The molecule has 1 unspecified atom stereocenters. The number of ether oxygens (including phenoxy) is 4.